The second kappa shape index (κ2) is 7.91. The van der Waals surface area contributed by atoms with Crippen molar-refractivity contribution < 1.29 is 13.7 Å². The third-order valence-corrected chi connectivity index (χ3v) is 4.35. The van der Waals surface area contributed by atoms with E-state index in [9.17, 15) is 9.00 Å². The Morgan fingerprint density at radius 3 is 2.58 bits per heavy atom. The summed E-state index contributed by atoms with van der Waals surface area (Å²) in [6.07, 6.45) is 0.655. The number of rotatable bonds is 7. The van der Waals surface area contributed by atoms with E-state index in [0.29, 0.717) is 18.7 Å². The Morgan fingerprint density at radius 1 is 1.42 bits per heavy atom. The van der Waals surface area contributed by atoms with E-state index in [2.05, 4.69) is 5.32 Å². The fourth-order valence-corrected chi connectivity index (χ4v) is 2.52. The van der Waals surface area contributed by atoms with E-state index < -0.39 is 10.8 Å². The van der Waals surface area contributed by atoms with Crippen molar-refractivity contribution in [1.29, 1.82) is 0 Å². The van der Waals surface area contributed by atoms with Crippen LogP contribution >= 0.6 is 0 Å². The van der Waals surface area contributed by atoms with Crippen molar-refractivity contribution in [2.24, 2.45) is 5.73 Å². The largest absolute Gasteiger partial charge is 0.497 e. The Bertz CT molecular complexity index is 434. The molecule has 106 valence electrons. The van der Waals surface area contributed by atoms with Gasteiger partial charge in [-0.1, -0.05) is 6.92 Å². The summed E-state index contributed by atoms with van der Waals surface area (Å²) in [5.41, 5.74) is 6.06. The Hall–Kier alpha value is -1.40. The molecule has 0 spiro atoms. The third-order valence-electron chi connectivity index (χ3n) is 2.67. The van der Waals surface area contributed by atoms with Gasteiger partial charge in [0, 0.05) is 21.7 Å². The molecule has 1 amide bonds. The number of hydrogen-bond donors (Lipinski definition) is 2. The number of nitrogens with two attached hydrogens (primary N) is 1. The fourth-order valence-electron chi connectivity index (χ4n) is 1.51. The van der Waals surface area contributed by atoms with Crippen LogP contribution in [0.1, 0.15) is 13.3 Å². The highest BCUT2D eigenvalue weighted by atomic mass is 32.2. The standard InChI is InChI=1S/C13H20N2O3S/c1-10(7-8-14)19(17)9-13(16)15-11-3-5-12(18-2)6-4-11/h3-6,10H,7-9,14H2,1-2H3,(H,15,16). The molecule has 0 aliphatic heterocycles. The quantitative estimate of drug-likeness (QED) is 0.786. The second-order valence-corrected chi connectivity index (χ2v) is 6.04. The maximum Gasteiger partial charge on any atom is 0.237 e. The van der Waals surface area contributed by atoms with Crippen LogP contribution in [0.5, 0.6) is 5.75 Å². The monoisotopic (exact) mass is 284 g/mol. The lowest BCUT2D eigenvalue weighted by Crippen LogP contribution is -2.26. The topological polar surface area (TPSA) is 81.4 Å². The molecule has 1 aromatic carbocycles. The predicted octanol–water partition coefficient (Wildman–Crippen LogP) is 1.12. The summed E-state index contributed by atoms with van der Waals surface area (Å²) in [7, 11) is 0.388. The lowest BCUT2D eigenvalue weighted by Gasteiger charge is -2.10. The molecule has 0 bridgehead atoms. The van der Waals surface area contributed by atoms with Gasteiger partial charge in [-0.25, -0.2) is 0 Å². The molecule has 3 N–H and O–H groups in total. The molecule has 0 fully saturated rings. The number of nitrogens with one attached hydrogen (secondary N) is 1. The Kier molecular flexibility index (Phi) is 6.52. The van der Waals surface area contributed by atoms with Gasteiger partial charge in [-0.3, -0.25) is 9.00 Å². The molecule has 0 saturated heterocycles. The number of anilines is 1. The van der Waals surface area contributed by atoms with Crippen molar-refractivity contribution >= 4 is 22.4 Å². The summed E-state index contributed by atoms with van der Waals surface area (Å²) < 4.78 is 16.8. The van der Waals surface area contributed by atoms with E-state index in [-0.39, 0.29) is 16.9 Å². The van der Waals surface area contributed by atoms with Gasteiger partial charge in [-0.15, -0.1) is 0 Å². The number of carbonyl (C=O) groups is 1. The lowest BCUT2D eigenvalue weighted by atomic mass is 10.3. The number of benzene rings is 1. The molecule has 2 atom stereocenters. The van der Waals surface area contributed by atoms with Crippen LogP contribution < -0.4 is 15.8 Å². The maximum absolute atomic E-state index is 11.8. The molecule has 0 radical (unpaired) electrons. The molecule has 0 saturated carbocycles. The van der Waals surface area contributed by atoms with E-state index in [1.807, 2.05) is 6.92 Å². The molecule has 0 aliphatic rings. The van der Waals surface area contributed by atoms with Gasteiger partial charge in [0.2, 0.25) is 5.91 Å². The zero-order chi connectivity index (χ0) is 14.3. The first kappa shape index (κ1) is 15.7. The molecule has 5 nitrogen and oxygen atoms in total. The average molecular weight is 284 g/mol. The van der Waals surface area contributed by atoms with Crippen LogP contribution in [0.2, 0.25) is 0 Å². The predicted molar refractivity (Wildman–Crippen MR) is 77.8 cm³/mol. The summed E-state index contributed by atoms with van der Waals surface area (Å²) in [5, 5.41) is 2.64. The molecule has 0 aliphatic carbocycles. The second-order valence-electron chi connectivity index (χ2n) is 4.19. The molecule has 2 unspecified atom stereocenters. The maximum atomic E-state index is 11.8. The fraction of sp³-hybridized carbons (Fsp3) is 0.462. The number of carbonyl (C=O) groups excluding carboxylic acids is 1. The molecule has 6 heteroatoms. The van der Waals surface area contributed by atoms with Gasteiger partial charge in [0.1, 0.15) is 11.5 Å². The van der Waals surface area contributed by atoms with Crippen LogP contribution in [-0.4, -0.2) is 34.8 Å². The minimum atomic E-state index is -1.19. The van der Waals surface area contributed by atoms with Crippen molar-refractivity contribution in [2.75, 3.05) is 24.7 Å². The first-order valence-corrected chi connectivity index (χ1v) is 7.46. The highest BCUT2D eigenvalue weighted by molar-refractivity contribution is 7.86. The van der Waals surface area contributed by atoms with E-state index >= 15 is 0 Å². The number of hydrogen-bond acceptors (Lipinski definition) is 4. The van der Waals surface area contributed by atoms with Gasteiger partial charge in [0.05, 0.1) is 7.11 Å². The summed E-state index contributed by atoms with van der Waals surface area (Å²) in [6, 6.07) is 6.99. The summed E-state index contributed by atoms with van der Waals surface area (Å²) in [5.74, 6) is 0.457. The van der Waals surface area contributed by atoms with Crippen molar-refractivity contribution in [3.8, 4) is 5.75 Å². The van der Waals surface area contributed by atoms with E-state index in [0.717, 1.165) is 5.75 Å². The van der Waals surface area contributed by atoms with Gasteiger partial charge in [0.25, 0.3) is 0 Å². The van der Waals surface area contributed by atoms with Crippen molar-refractivity contribution in [2.45, 2.75) is 18.6 Å². The Labute approximate surface area is 116 Å². The minimum Gasteiger partial charge on any atom is -0.497 e. The van der Waals surface area contributed by atoms with E-state index in [4.69, 9.17) is 10.5 Å². The molecule has 1 rings (SSSR count). The molecule has 0 heterocycles. The number of amides is 1. The Balaban J connectivity index is 2.48. The first-order chi connectivity index (χ1) is 9.06. The lowest BCUT2D eigenvalue weighted by molar-refractivity contribution is -0.113. The van der Waals surface area contributed by atoms with Crippen LogP contribution in [0.15, 0.2) is 24.3 Å². The molecular weight excluding hydrogens is 264 g/mol. The van der Waals surface area contributed by atoms with Crippen LogP contribution in [-0.2, 0) is 15.6 Å². The Morgan fingerprint density at radius 2 is 2.05 bits per heavy atom. The number of methoxy groups -OCH3 is 1. The van der Waals surface area contributed by atoms with Gasteiger partial charge in [-0.2, -0.15) is 0 Å². The van der Waals surface area contributed by atoms with Gasteiger partial charge < -0.3 is 15.8 Å². The highest BCUT2D eigenvalue weighted by Crippen LogP contribution is 2.15. The zero-order valence-electron chi connectivity index (χ0n) is 11.2. The van der Waals surface area contributed by atoms with E-state index in [1.54, 1.807) is 31.4 Å². The van der Waals surface area contributed by atoms with Crippen LogP contribution in [0.3, 0.4) is 0 Å². The zero-order valence-corrected chi connectivity index (χ0v) is 12.0. The summed E-state index contributed by atoms with van der Waals surface area (Å²) >= 11 is 0. The van der Waals surface area contributed by atoms with Crippen LogP contribution in [0, 0.1) is 0 Å². The van der Waals surface area contributed by atoms with Gasteiger partial charge >= 0.3 is 0 Å². The SMILES string of the molecule is COc1ccc(NC(=O)CS(=O)C(C)CCN)cc1. The smallest absolute Gasteiger partial charge is 0.237 e. The normalized spacial score (nSPS) is 13.6. The number of ether oxygens (including phenoxy) is 1. The van der Waals surface area contributed by atoms with E-state index in [1.165, 1.54) is 0 Å². The molecule has 19 heavy (non-hydrogen) atoms. The molecule has 0 aromatic heterocycles. The van der Waals surface area contributed by atoms with Gasteiger partial charge in [0.15, 0.2) is 0 Å². The van der Waals surface area contributed by atoms with Crippen LogP contribution in [0.4, 0.5) is 5.69 Å². The molecule has 1 aromatic rings. The van der Waals surface area contributed by atoms with Gasteiger partial charge in [-0.05, 0) is 37.2 Å². The first-order valence-electron chi connectivity index (χ1n) is 6.08. The minimum absolute atomic E-state index is 0.00675. The van der Waals surface area contributed by atoms with Crippen molar-refractivity contribution in [1.82, 2.24) is 0 Å². The summed E-state index contributed by atoms with van der Waals surface area (Å²) in [4.78, 5) is 11.7. The van der Waals surface area contributed by atoms with Crippen molar-refractivity contribution in [3.63, 3.8) is 0 Å². The highest BCUT2D eigenvalue weighted by Gasteiger charge is 2.14. The molecular formula is C13H20N2O3S. The van der Waals surface area contributed by atoms with Crippen LogP contribution in [0.25, 0.3) is 0 Å². The third kappa shape index (κ3) is 5.40. The van der Waals surface area contributed by atoms with Crippen molar-refractivity contribution in [3.05, 3.63) is 24.3 Å². The average Bonchev–Trinajstić information content (AvgIpc) is 2.39. The summed E-state index contributed by atoms with van der Waals surface area (Å²) in [6.45, 7) is 2.32.